The summed E-state index contributed by atoms with van der Waals surface area (Å²) in [6.07, 6.45) is 1.98. The molecule has 2 atom stereocenters. The number of benzene rings is 2. The Hall–Kier alpha value is -2.20. The minimum absolute atomic E-state index is 0.131. The molecule has 2 N–H and O–H groups in total. The molecule has 0 aliphatic heterocycles. The number of carbonyl (C=O) groups excluding carboxylic acids is 1. The lowest BCUT2D eigenvalue weighted by Crippen LogP contribution is -2.40. The van der Waals surface area contributed by atoms with E-state index in [0.717, 1.165) is 12.8 Å². The maximum Gasteiger partial charge on any atom is 0.241 e. The number of halogens is 1. The number of hydrogen-bond acceptors (Lipinski definition) is 2. The second-order valence-electron chi connectivity index (χ2n) is 5.64. The van der Waals surface area contributed by atoms with Gasteiger partial charge in [0.25, 0.3) is 0 Å². The lowest BCUT2D eigenvalue weighted by Gasteiger charge is -2.23. The Morgan fingerprint density at radius 3 is 2.35 bits per heavy atom. The molecule has 4 heteroatoms. The van der Waals surface area contributed by atoms with Crippen LogP contribution < -0.4 is 10.6 Å². The van der Waals surface area contributed by atoms with Crippen LogP contribution in [0.3, 0.4) is 0 Å². The van der Waals surface area contributed by atoms with Gasteiger partial charge in [-0.25, -0.2) is 4.39 Å². The Kier molecular flexibility index (Phi) is 6.29. The lowest BCUT2D eigenvalue weighted by molar-refractivity contribution is -0.118. The highest BCUT2D eigenvalue weighted by molar-refractivity contribution is 5.94. The van der Waals surface area contributed by atoms with Gasteiger partial charge in [-0.15, -0.1) is 0 Å². The van der Waals surface area contributed by atoms with Crippen LogP contribution >= 0.6 is 0 Å². The van der Waals surface area contributed by atoms with Crippen LogP contribution in [0.4, 0.5) is 10.1 Å². The lowest BCUT2D eigenvalue weighted by atomic mass is 10.0. The van der Waals surface area contributed by atoms with E-state index in [-0.39, 0.29) is 23.8 Å². The molecule has 2 rings (SSSR count). The average molecular weight is 314 g/mol. The van der Waals surface area contributed by atoms with Crippen molar-refractivity contribution in [1.29, 1.82) is 0 Å². The first-order valence-corrected chi connectivity index (χ1v) is 7.97. The van der Waals surface area contributed by atoms with Crippen LogP contribution in [0, 0.1) is 5.82 Å². The number of hydrogen-bond donors (Lipinski definition) is 2. The third-order valence-corrected chi connectivity index (χ3v) is 3.74. The zero-order chi connectivity index (χ0) is 16.7. The van der Waals surface area contributed by atoms with Gasteiger partial charge in [-0.3, -0.25) is 10.1 Å². The monoisotopic (exact) mass is 314 g/mol. The molecule has 0 saturated heterocycles. The fraction of sp³-hybridized carbons (Fsp3) is 0.316. The summed E-state index contributed by atoms with van der Waals surface area (Å²) in [5, 5.41) is 6.18. The number of anilines is 1. The summed E-state index contributed by atoms with van der Waals surface area (Å²) in [5.74, 6) is -0.449. The Morgan fingerprint density at radius 1 is 1.09 bits per heavy atom. The second kappa shape index (κ2) is 8.44. The first kappa shape index (κ1) is 17.2. The molecule has 122 valence electrons. The Balaban J connectivity index is 1.99. The zero-order valence-corrected chi connectivity index (χ0v) is 13.6. The van der Waals surface area contributed by atoms with E-state index in [9.17, 15) is 9.18 Å². The predicted molar refractivity (Wildman–Crippen MR) is 91.7 cm³/mol. The summed E-state index contributed by atoms with van der Waals surface area (Å²) in [5.41, 5.74) is 1.77. The first-order chi connectivity index (χ1) is 11.1. The normalized spacial score (nSPS) is 13.3. The first-order valence-electron chi connectivity index (χ1n) is 7.97. The molecule has 2 aromatic carbocycles. The summed E-state index contributed by atoms with van der Waals surface area (Å²) in [6.45, 7) is 3.96. The maximum absolute atomic E-state index is 12.9. The van der Waals surface area contributed by atoms with E-state index >= 15 is 0 Å². The van der Waals surface area contributed by atoms with Crippen LogP contribution in [-0.4, -0.2) is 11.9 Å². The Labute approximate surface area is 136 Å². The highest BCUT2D eigenvalue weighted by Crippen LogP contribution is 2.19. The summed E-state index contributed by atoms with van der Waals surface area (Å²) in [4.78, 5) is 12.3. The van der Waals surface area contributed by atoms with Crippen LogP contribution in [-0.2, 0) is 4.79 Å². The molecule has 0 radical (unpaired) electrons. The van der Waals surface area contributed by atoms with E-state index in [1.165, 1.54) is 17.7 Å². The minimum Gasteiger partial charge on any atom is -0.325 e. The third-order valence-electron chi connectivity index (χ3n) is 3.74. The van der Waals surface area contributed by atoms with Gasteiger partial charge in [0.1, 0.15) is 5.82 Å². The van der Waals surface area contributed by atoms with E-state index in [0.29, 0.717) is 5.69 Å². The topological polar surface area (TPSA) is 41.1 Å². The molecule has 0 heterocycles. The SMILES string of the molecule is CCC[C@H](N[C@H](C)C(=O)Nc1ccc(F)cc1)c1ccccc1. The van der Waals surface area contributed by atoms with Gasteiger partial charge < -0.3 is 5.32 Å². The van der Waals surface area contributed by atoms with Crippen molar-refractivity contribution in [2.75, 3.05) is 5.32 Å². The van der Waals surface area contributed by atoms with Crippen LogP contribution in [0.25, 0.3) is 0 Å². The summed E-state index contributed by atoms with van der Waals surface area (Å²) in [6, 6.07) is 15.7. The second-order valence-corrected chi connectivity index (χ2v) is 5.64. The maximum atomic E-state index is 12.9. The van der Waals surface area contributed by atoms with E-state index in [2.05, 4.69) is 29.7 Å². The van der Waals surface area contributed by atoms with Gasteiger partial charge in [0.05, 0.1) is 6.04 Å². The van der Waals surface area contributed by atoms with Crippen molar-refractivity contribution >= 4 is 11.6 Å². The molecule has 0 aliphatic rings. The molecule has 0 aromatic heterocycles. The van der Waals surface area contributed by atoms with Crippen LogP contribution in [0.2, 0.25) is 0 Å². The predicted octanol–water partition coefficient (Wildman–Crippen LogP) is 4.28. The molecule has 1 amide bonds. The molecule has 3 nitrogen and oxygen atoms in total. The molecule has 0 bridgehead atoms. The van der Waals surface area contributed by atoms with Gasteiger partial charge in [-0.2, -0.15) is 0 Å². The molecule has 0 spiro atoms. The number of rotatable bonds is 7. The van der Waals surface area contributed by atoms with Crippen molar-refractivity contribution in [3.05, 3.63) is 66.0 Å². The molecule has 0 fully saturated rings. The quantitative estimate of drug-likeness (QED) is 0.800. The number of carbonyl (C=O) groups is 1. The smallest absolute Gasteiger partial charge is 0.241 e. The largest absolute Gasteiger partial charge is 0.325 e. The summed E-state index contributed by atoms with van der Waals surface area (Å²) >= 11 is 0. The van der Waals surface area contributed by atoms with Gasteiger partial charge in [0.15, 0.2) is 0 Å². The Bertz CT molecular complexity index is 613. The van der Waals surface area contributed by atoms with Crippen LogP contribution in [0.5, 0.6) is 0 Å². The molecule has 2 aromatic rings. The third kappa shape index (κ3) is 5.18. The molecule has 0 unspecified atom stereocenters. The molecule has 0 saturated carbocycles. The molecule has 23 heavy (non-hydrogen) atoms. The van der Waals surface area contributed by atoms with E-state index < -0.39 is 0 Å². The van der Waals surface area contributed by atoms with Crippen molar-refractivity contribution in [2.24, 2.45) is 0 Å². The molecule has 0 aliphatic carbocycles. The van der Waals surface area contributed by atoms with E-state index in [1.54, 1.807) is 12.1 Å². The highest BCUT2D eigenvalue weighted by atomic mass is 19.1. The van der Waals surface area contributed by atoms with Gasteiger partial charge in [-0.05, 0) is 43.2 Å². The molecular weight excluding hydrogens is 291 g/mol. The average Bonchev–Trinajstić information content (AvgIpc) is 2.57. The van der Waals surface area contributed by atoms with Crippen LogP contribution in [0.1, 0.15) is 38.3 Å². The van der Waals surface area contributed by atoms with Crippen LogP contribution in [0.15, 0.2) is 54.6 Å². The summed E-state index contributed by atoms with van der Waals surface area (Å²) in [7, 11) is 0. The van der Waals surface area contributed by atoms with Gasteiger partial charge >= 0.3 is 0 Å². The fourth-order valence-corrected chi connectivity index (χ4v) is 2.48. The van der Waals surface area contributed by atoms with Crippen molar-refractivity contribution in [2.45, 2.75) is 38.8 Å². The standard InChI is InChI=1S/C19H23FN2O/c1-3-7-18(15-8-5-4-6-9-15)21-14(2)19(23)22-17-12-10-16(20)11-13-17/h4-6,8-14,18,21H,3,7H2,1-2H3,(H,22,23)/t14-,18+/m1/s1. The molecular formula is C19H23FN2O. The van der Waals surface area contributed by atoms with Crippen molar-refractivity contribution in [3.63, 3.8) is 0 Å². The van der Waals surface area contributed by atoms with E-state index in [1.807, 2.05) is 25.1 Å². The van der Waals surface area contributed by atoms with Gasteiger partial charge in [-0.1, -0.05) is 43.7 Å². The number of nitrogens with one attached hydrogen (secondary N) is 2. The Morgan fingerprint density at radius 2 is 1.74 bits per heavy atom. The van der Waals surface area contributed by atoms with Crippen molar-refractivity contribution < 1.29 is 9.18 Å². The minimum atomic E-state index is -0.350. The highest BCUT2D eigenvalue weighted by Gasteiger charge is 2.18. The van der Waals surface area contributed by atoms with Crippen molar-refractivity contribution in [1.82, 2.24) is 5.32 Å². The van der Waals surface area contributed by atoms with Gasteiger partial charge in [0.2, 0.25) is 5.91 Å². The van der Waals surface area contributed by atoms with E-state index in [4.69, 9.17) is 0 Å². The summed E-state index contributed by atoms with van der Waals surface area (Å²) < 4.78 is 12.9. The van der Waals surface area contributed by atoms with Crippen molar-refractivity contribution in [3.8, 4) is 0 Å². The number of amides is 1. The van der Waals surface area contributed by atoms with Gasteiger partial charge in [0, 0.05) is 11.7 Å². The zero-order valence-electron chi connectivity index (χ0n) is 13.6. The fourth-order valence-electron chi connectivity index (χ4n) is 2.48.